The van der Waals surface area contributed by atoms with Gasteiger partial charge in [0.2, 0.25) is 0 Å². The van der Waals surface area contributed by atoms with E-state index in [2.05, 4.69) is 41.5 Å². The summed E-state index contributed by atoms with van der Waals surface area (Å²) in [6, 6.07) is 17.6. The third kappa shape index (κ3) is 3.19. The molecule has 0 radical (unpaired) electrons. The summed E-state index contributed by atoms with van der Waals surface area (Å²) in [5, 5.41) is 0.998. The molecule has 2 aromatic carbocycles. The van der Waals surface area contributed by atoms with Crippen LogP contribution in [0.1, 0.15) is 29.3 Å². The van der Waals surface area contributed by atoms with Crippen LogP contribution in [0.5, 0.6) is 0 Å². The van der Waals surface area contributed by atoms with Crippen molar-refractivity contribution in [3.8, 4) is 0 Å². The van der Waals surface area contributed by atoms with Gasteiger partial charge in [-0.05, 0) is 66.8 Å². The van der Waals surface area contributed by atoms with Crippen molar-refractivity contribution in [3.63, 3.8) is 0 Å². The molecule has 2 aromatic rings. The second kappa shape index (κ2) is 7.58. The van der Waals surface area contributed by atoms with Crippen molar-refractivity contribution in [2.24, 2.45) is 35.5 Å². The zero-order valence-corrected chi connectivity index (χ0v) is 18.6. The maximum atomic E-state index is 13.1. The van der Waals surface area contributed by atoms with Crippen LogP contribution in [0.4, 0.5) is 5.69 Å². The van der Waals surface area contributed by atoms with Crippen LogP contribution >= 0.6 is 0 Å². The number of rotatable bonds is 6. The Morgan fingerprint density at radius 1 is 0.939 bits per heavy atom. The quantitative estimate of drug-likeness (QED) is 0.551. The number of allylic oxidation sites excluding steroid dienone is 2. The Morgan fingerprint density at radius 3 is 2.12 bits per heavy atom. The molecule has 33 heavy (non-hydrogen) atoms. The van der Waals surface area contributed by atoms with Gasteiger partial charge < -0.3 is 4.90 Å². The predicted molar refractivity (Wildman–Crippen MR) is 124 cm³/mol. The zero-order valence-electron chi connectivity index (χ0n) is 18.6. The second-order valence-corrected chi connectivity index (χ2v) is 9.65. The third-order valence-corrected chi connectivity index (χ3v) is 7.97. The summed E-state index contributed by atoms with van der Waals surface area (Å²) in [5.41, 5.74) is 5.27. The van der Waals surface area contributed by atoms with E-state index in [4.69, 9.17) is 0 Å². The Morgan fingerprint density at radius 2 is 1.55 bits per heavy atom. The smallest absolute Gasteiger partial charge is 0.270 e. The fourth-order valence-electron chi connectivity index (χ4n) is 6.24. The molecule has 4 aliphatic carbocycles. The van der Waals surface area contributed by atoms with Gasteiger partial charge >= 0.3 is 0 Å². The Bertz CT molecular complexity index is 1110. The summed E-state index contributed by atoms with van der Waals surface area (Å²) in [6.07, 6.45) is 5.38. The van der Waals surface area contributed by atoms with Crippen molar-refractivity contribution in [1.29, 1.82) is 0 Å². The number of nitrogens with zero attached hydrogens (tertiary/aromatic N) is 2. The van der Waals surface area contributed by atoms with E-state index in [1.807, 2.05) is 30.3 Å². The van der Waals surface area contributed by atoms with Crippen LogP contribution in [-0.4, -0.2) is 29.3 Å². The number of hydrogen-bond donors (Lipinski definition) is 1. The summed E-state index contributed by atoms with van der Waals surface area (Å²) in [7, 11) is 0. The Kier molecular flexibility index (Phi) is 4.64. The van der Waals surface area contributed by atoms with Crippen LogP contribution < -0.4 is 10.3 Å². The predicted octanol–water partition coefficient (Wildman–Crippen LogP) is 3.41. The van der Waals surface area contributed by atoms with E-state index in [9.17, 15) is 14.4 Å². The maximum Gasteiger partial charge on any atom is 0.270 e. The highest BCUT2D eigenvalue weighted by molar-refractivity contribution is 6.08. The first-order valence-electron chi connectivity index (χ1n) is 11.8. The fourth-order valence-corrected chi connectivity index (χ4v) is 6.24. The Hall–Kier alpha value is -3.41. The van der Waals surface area contributed by atoms with Crippen LogP contribution in [0, 0.1) is 35.5 Å². The second-order valence-electron chi connectivity index (χ2n) is 9.65. The zero-order chi connectivity index (χ0) is 22.7. The van der Waals surface area contributed by atoms with Gasteiger partial charge in [0.05, 0.1) is 11.8 Å². The van der Waals surface area contributed by atoms with E-state index in [0.29, 0.717) is 17.4 Å². The number of amides is 3. The van der Waals surface area contributed by atoms with Crippen LogP contribution in [0.25, 0.3) is 0 Å². The first kappa shape index (κ1) is 20.2. The number of carbonyl (C=O) groups is 3. The van der Waals surface area contributed by atoms with Gasteiger partial charge in [-0.1, -0.05) is 42.5 Å². The number of benzene rings is 2. The number of nitrogens with one attached hydrogen (secondary N) is 1. The Balaban J connectivity index is 1.13. The van der Waals surface area contributed by atoms with Crippen molar-refractivity contribution in [3.05, 3.63) is 77.9 Å². The minimum Gasteiger partial charge on any atom is -0.367 e. The SMILES string of the molecule is CCN(Cc1ccc(C(=O)NN2C(=O)[C@@H]3[C@H](C2=O)[C@@H]2C=C[C@H]3C3CC32)cc1)c1ccccc1. The average molecular weight is 442 g/mol. The summed E-state index contributed by atoms with van der Waals surface area (Å²) in [5.74, 6) is -0.166. The summed E-state index contributed by atoms with van der Waals surface area (Å²) in [4.78, 5) is 41.3. The molecule has 168 valence electrons. The molecular formula is C27H27N3O3. The summed E-state index contributed by atoms with van der Waals surface area (Å²) in [6.45, 7) is 3.71. The molecule has 2 saturated carbocycles. The van der Waals surface area contributed by atoms with E-state index in [1.165, 1.54) is 0 Å². The van der Waals surface area contributed by atoms with Gasteiger partial charge in [-0.25, -0.2) is 0 Å². The van der Waals surface area contributed by atoms with Crippen LogP contribution in [0.3, 0.4) is 0 Å². The van der Waals surface area contributed by atoms with Crippen LogP contribution in [-0.2, 0) is 16.1 Å². The molecule has 1 heterocycles. The van der Waals surface area contributed by atoms with Gasteiger partial charge in [0, 0.05) is 24.3 Å². The minimum atomic E-state index is -0.428. The molecule has 2 unspecified atom stereocenters. The molecule has 1 N–H and O–H groups in total. The van der Waals surface area contributed by atoms with Crippen LogP contribution in [0.15, 0.2) is 66.7 Å². The van der Waals surface area contributed by atoms with Gasteiger partial charge in [-0.3, -0.25) is 19.8 Å². The maximum absolute atomic E-state index is 13.1. The molecule has 1 aliphatic heterocycles. The number of hydrogen-bond acceptors (Lipinski definition) is 4. The van der Waals surface area contributed by atoms with Gasteiger partial charge in [0.1, 0.15) is 0 Å². The normalized spacial score (nSPS) is 30.8. The van der Waals surface area contributed by atoms with Gasteiger partial charge in [-0.15, -0.1) is 0 Å². The van der Waals surface area contributed by atoms with Gasteiger partial charge in [-0.2, -0.15) is 5.01 Å². The van der Waals surface area contributed by atoms with Gasteiger partial charge in [0.15, 0.2) is 0 Å². The van der Waals surface area contributed by atoms with E-state index >= 15 is 0 Å². The number of anilines is 1. The highest BCUT2D eigenvalue weighted by Crippen LogP contribution is 2.65. The molecule has 2 bridgehead atoms. The molecule has 6 atom stereocenters. The number of hydrazine groups is 1. The van der Waals surface area contributed by atoms with Crippen molar-refractivity contribution in [1.82, 2.24) is 10.4 Å². The Labute approximate surface area is 193 Å². The van der Waals surface area contributed by atoms with Crippen LogP contribution in [0.2, 0.25) is 0 Å². The highest BCUT2D eigenvalue weighted by Gasteiger charge is 2.67. The molecule has 0 spiro atoms. The molecule has 7 rings (SSSR count). The average Bonchev–Trinajstić information content (AvgIpc) is 3.64. The summed E-state index contributed by atoms with van der Waals surface area (Å²) < 4.78 is 0. The molecule has 5 aliphatic rings. The number of imide groups is 1. The van der Waals surface area contributed by atoms with Gasteiger partial charge in [0.25, 0.3) is 17.7 Å². The lowest BCUT2D eigenvalue weighted by molar-refractivity contribution is -0.143. The molecule has 6 heteroatoms. The highest BCUT2D eigenvalue weighted by atomic mass is 16.2. The lowest BCUT2D eigenvalue weighted by Crippen LogP contribution is -2.46. The number of para-hydroxylation sites is 1. The molecule has 3 fully saturated rings. The van der Waals surface area contributed by atoms with Crippen molar-refractivity contribution < 1.29 is 14.4 Å². The van der Waals surface area contributed by atoms with Crippen molar-refractivity contribution in [2.75, 3.05) is 11.4 Å². The standard InChI is InChI=1S/C27H27N3O3/c1-2-29(18-6-4-3-5-7-18)15-16-8-10-17(11-9-16)25(31)28-30-26(32)23-19-12-13-20(22-14-21(19)22)24(23)27(30)33/h3-13,19-24H,2,14-15H2,1H3,(H,28,31)/t19-,20+,21?,22?,23-,24+. The molecular weight excluding hydrogens is 414 g/mol. The number of carbonyl (C=O) groups excluding carboxylic acids is 3. The lowest BCUT2D eigenvalue weighted by atomic mass is 9.63. The lowest BCUT2D eigenvalue weighted by Gasteiger charge is -2.37. The molecule has 0 aromatic heterocycles. The van der Waals surface area contributed by atoms with Crippen molar-refractivity contribution >= 4 is 23.4 Å². The first-order chi connectivity index (χ1) is 16.1. The molecule has 1 saturated heterocycles. The summed E-state index contributed by atoms with van der Waals surface area (Å²) >= 11 is 0. The minimum absolute atomic E-state index is 0.147. The molecule has 6 nitrogen and oxygen atoms in total. The molecule has 3 amide bonds. The topological polar surface area (TPSA) is 69.7 Å². The monoisotopic (exact) mass is 441 g/mol. The van der Waals surface area contributed by atoms with E-state index in [0.717, 1.165) is 35.8 Å². The largest absolute Gasteiger partial charge is 0.367 e. The van der Waals surface area contributed by atoms with Crippen molar-refractivity contribution in [2.45, 2.75) is 19.9 Å². The van der Waals surface area contributed by atoms with E-state index in [1.54, 1.807) is 12.1 Å². The first-order valence-corrected chi connectivity index (χ1v) is 11.8. The fraction of sp³-hybridized carbons (Fsp3) is 0.370. The third-order valence-electron chi connectivity index (χ3n) is 7.97. The van der Waals surface area contributed by atoms with E-state index < -0.39 is 5.91 Å². The van der Waals surface area contributed by atoms with E-state index in [-0.39, 0.29) is 35.5 Å².